The van der Waals surface area contributed by atoms with Crippen molar-refractivity contribution in [3.8, 4) is 0 Å². The molecule has 0 aromatic rings. The molecule has 0 unspecified atom stereocenters. The van der Waals surface area contributed by atoms with E-state index in [0.717, 1.165) is 12.8 Å². The van der Waals surface area contributed by atoms with E-state index < -0.39 is 0 Å². The van der Waals surface area contributed by atoms with Crippen molar-refractivity contribution in [3.63, 3.8) is 0 Å². The van der Waals surface area contributed by atoms with Crippen LogP contribution in [0.5, 0.6) is 0 Å². The zero-order valence-electron chi connectivity index (χ0n) is 4.87. The van der Waals surface area contributed by atoms with Crippen LogP contribution in [0, 0.1) is 13.8 Å². The fourth-order valence-corrected chi connectivity index (χ4v) is 0.177. The van der Waals surface area contributed by atoms with Gasteiger partial charge in [-0.05, 0) is 0 Å². The Balaban J connectivity index is -0.0000000750. The van der Waals surface area contributed by atoms with E-state index >= 15 is 0 Å². The summed E-state index contributed by atoms with van der Waals surface area (Å²) in [6.45, 7) is 10.5. The van der Waals surface area contributed by atoms with E-state index in [1.54, 1.807) is 0 Å². The predicted molar refractivity (Wildman–Crippen MR) is 31.3 cm³/mol. The van der Waals surface area contributed by atoms with Gasteiger partial charge in [-0.25, -0.2) is 0 Å². The molecule has 0 amide bonds. The Hall–Kier alpha value is 0.306. The fourth-order valence-electron chi connectivity index (χ4n) is 0.177. The van der Waals surface area contributed by atoms with E-state index in [9.17, 15) is 0 Å². The fraction of sp³-hybridized carbons (Fsp3) is 0.500. The van der Waals surface area contributed by atoms with Crippen molar-refractivity contribution in [1.29, 1.82) is 0 Å². The predicted octanol–water partition coefficient (Wildman–Crippen LogP) is 1.55. The Labute approximate surface area is 64.9 Å². The van der Waals surface area contributed by atoms with Gasteiger partial charge in [-0.3, -0.25) is 6.79 Å². The van der Waals surface area contributed by atoms with E-state index in [-0.39, 0.29) is 19.8 Å². The molecule has 52 valence electrons. The summed E-state index contributed by atoms with van der Waals surface area (Å²) in [5.41, 5.74) is 0. The average molecular weight is 289 g/mol. The molecule has 0 aliphatic heterocycles. The number of rotatable bonds is 2. The molecule has 0 saturated heterocycles. The maximum absolute atomic E-state index is 7.75. The van der Waals surface area contributed by atoms with Crippen LogP contribution in [0.25, 0.3) is 0 Å². The number of hydrogen-bond donors (Lipinski definition) is 0. The summed E-state index contributed by atoms with van der Waals surface area (Å²) in [7, 11) is 0. The minimum Gasteiger partial charge on any atom is -0.545 e. The van der Waals surface area contributed by atoms with Gasteiger partial charge in [-0.15, -0.1) is 6.42 Å². The van der Waals surface area contributed by atoms with Crippen molar-refractivity contribution in [2.75, 3.05) is 0 Å². The summed E-state index contributed by atoms with van der Waals surface area (Å²) in [5.74, 6) is 0. The Morgan fingerprint density at radius 3 is 1.38 bits per heavy atom. The van der Waals surface area contributed by atoms with Gasteiger partial charge < -0.3 is 18.6 Å². The molecule has 2 heteroatoms. The summed E-state index contributed by atoms with van der Waals surface area (Å²) in [4.78, 5) is 7.75. The van der Waals surface area contributed by atoms with Crippen LogP contribution < -0.4 is 0 Å². The standard InChI is InChI=1S/C5H10.CHO.Os/c1-3-5-4-2;1-2;/h1-5H2;1H;/q-2;-1;. The third-order valence-electron chi connectivity index (χ3n) is 0.500. The van der Waals surface area contributed by atoms with E-state index in [1.807, 2.05) is 0 Å². The van der Waals surface area contributed by atoms with Gasteiger partial charge in [0, 0.05) is 19.8 Å². The van der Waals surface area contributed by atoms with Gasteiger partial charge in [0.1, 0.15) is 0 Å². The first-order chi connectivity index (χ1) is 3.41. The summed E-state index contributed by atoms with van der Waals surface area (Å²) >= 11 is 0. The molecule has 0 radical (unpaired) electrons. The van der Waals surface area contributed by atoms with Crippen LogP contribution in [0.4, 0.5) is 0 Å². The normalized spacial score (nSPS) is 5.75. The maximum atomic E-state index is 7.75. The van der Waals surface area contributed by atoms with Gasteiger partial charge in [0.2, 0.25) is 0 Å². The Morgan fingerprint density at radius 1 is 1.12 bits per heavy atom. The van der Waals surface area contributed by atoms with Crippen LogP contribution in [0.3, 0.4) is 0 Å². The minimum atomic E-state index is 0. The molecule has 0 atom stereocenters. The zero-order valence-corrected chi connectivity index (χ0v) is 7.42. The molecule has 0 N–H and O–H groups in total. The molecule has 0 aromatic carbocycles. The van der Waals surface area contributed by atoms with Crippen LogP contribution in [-0.2, 0) is 24.6 Å². The second kappa shape index (κ2) is 26.6. The summed E-state index contributed by atoms with van der Waals surface area (Å²) in [5, 5.41) is 0. The van der Waals surface area contributed by atoms with E-state index in [2.05, 4.69) is 20.6 Å². The average Bonchev–Trinajstić information content (AvgIpc) is 1.75. The first-order valence-corrected chi connectivity index (χ1v) is 2.24. The molecule has 1 nitrogen and oxygen atoms in total. The van der Waals surface area contributed by atoms with Crippen LogP contribution in [0.1, 0.15) is 19.3 Å². The monoisotopic (exact) mass is 291 g/mol. The molecule has 0 spiro atoms. The largest absolute Gasteiger partial charge is 0.545 e. The SMILES string of the molecule is [CH-]=O.[CH2-]CCC[CH2-].[Os]. The quantitative estimate of drug-likeness (QED) is 0.557. The molecule has 8 heavy (non-hydrogen) atoms. The molecule has 0 aromatic heterocycles. The Bertz CT molecular complexity index is 22.5. The van der Waals surface area contributed by atoms with Gasteiger partial charge in [-0.2, -0.15) is 12.8 Å². The van der Waals surface area contributed by atoms with Crippen LogP contribution in [0.15, 0.2) is 0 Å². The van der Waals surface area contributed by atoms with Gasteiger partial charge in [0.25, 0.3) is 0 Å². The summed E-state index contributed by atoms with van der Waals surface area (Å²) in [6, 6.07) is 0. The van der Waals surface area contributed by atoms with Gasteiger partial charge in [-0.1, -0.05) is 0 Å². The molecule has 0 saturated carbocycles. The van der Waals surface area contributed by atoms with Gasteiger partial charge >= 0.3 is 0 Å². The van der Waals surface area contributed by atoms with Crippen molar-refractivity contribution in [2.45, 2.75) is 19.3 Å². The van der Waals surface area contributed by atoms with Crippen molar-refractivity contribution in [2.24, 2.45) is 0 Å². The number of hydrogen-bond acceptors (Lipinski definition) is 1. The molecule has 0 heterocycles. The third kappa shape index (κ3) is 33.4. The minimum absolute atomic E-state index is 0. The zero-order chi connectivity index (χ0) is 6.12. The van der Waals surface area contributed by atoms with E-state index in [4.69, 9.17) is 4.79 Å². The Morgan fingerprint density at radius 2 is 1.38 bits per heavy atom. The molecule has 0 aliphatic carbocycles. The number of carbonyl (C=O) groups excluding carboxylic acids is 1. The second-order valence-corrected chi connectivity index (χ2v) is 1.06. The summed E-state index contributed by atoms with van der Waals surface area (Å²) in [6.07, 6.45) is 3.23. The van der Waals surface area contributed by atoms with Crippen LogP contribution >= 0.6 is 0 Å². The smallest absolute Gasteiger partial charge is 0 e. The second-order valence-electron chi connectivity index (χ2n) is 1.06. The van der Waals surface area contributed by atoms with Crippen molar-refractivity contribution in [3.05, 3.63) is 13.8 Å². The molecule has 0 rings (SSSR count). The molecule has 0 fully saturated rings. The number of unbranched alkanes of at least 4 members (excludes halogenated alkanes) is 2. The van der Waals surface area contributed by atoms with Gasteiger partial charge in [0.05, 0.1) is 0 Å². The molecular formula is C6H11OOs-3. The summed E-state index contributed by atoms with van der Waals surface area (Å²) < 4.78 is 0. The van der Waals surface area contributed by atoms with Crippen molar-refractivity contribution < 1.29 is 24.6 Å². The first-order valence-electron chi connectivity index (χ1n) is 2.24. The molecule has 0 bridgehead atoms. The van der Waals surface area contributed by atoms with Gasteiger partial charge in [0.15, 0.2) is 0 Å². The third-order valence-corrected chi connectivity index (χ3v) is 0.500. The van der Waals surface area contributed by atoms with Crippen LogP contribution in [0.2, 0.25) is 0 Å². The van der Waals surface area contributed by atoms with Crippen molar-refractivity contribution >= 4 is 6.79 Å². The Kier molecular flexibility index (Phi) is 52.3. The molecule has 0 aliphatic rings. The van der Waals surface area contributed by atoms with E-state index in [1.165, 1.54) is 6.42 Å². The topological polar surface area (TPSA) is 17.1 Å². The van der Waals surface area contributed by atoms with Crippen LogP contribution in [-0.4, -0.2) is 6.79 Å². The maximum Gasteiger partial charge on any atom is 0 e. The molecular weight excluding hydrogens is 278 g/mol. The van der Waals surface area contributed by atoms with Crippen molar-refractivity contribution in [1.82, 2.24) is 0 Å². The first kappa shape index (κ1) is 15.7. The van der Waals surface area contributed by atoms with E-state index in [0.29, 0.717) is 0 Å².